The highest BCUT2D eigenvalue weighted by atomic mass is 19.1. The molecule has 4 rings (SSSR count). The number of likely N-dealkylation sites (tertiary alicyclic amines) is 1. The average molecular weight is 515 g/mol. The second-order valence-electron chi connectivity index (χ2n) is 9.27. The van der Waals surface area contributed by atoms with Gasteiger partial charge in [0.2, 0.25) is 11.8 Å². The van der Waals surface area contributed by atoms with Gasteiger partial charge in [-0.05, 0) is 36.2 Å². The minimum atomic E-state index is -0.834. The molecule has 1 fully saturated rings. The Bertz CT molecular complexity index is 1290. The molecule has 0 saturated carbocycles. The van der Waals surface area contributed by atoms with Crippen LogP contribution in [0.2, 0.25) is 0 Å². The summed E-state index contributed by atoms with van der Waals surface area (Å²) in [5, 5.41) is 20.3. The van der Waals surface area contributed by atoms with Crippen molar-refractivity contribution in [3.8, 4) is 23.0 Å². The maximum atomic E-state index is 13.9. The Hall–Kier alpha value is -4.02. The monoisotopic (exact) mass is 514 g/mol. The van der Waals surface area contributed by atoms with E-state index in [0.29, 0.717) is 43.1 Å². The molecule has 2 aromatic carbocycles. The molecule has 9 nitrogen and oxygen atoms in total. The maximum absolute atomic E-state index is 13.9. The summed E-state index contributed by atoms with van der Waals surface area (Å²) in [6, 6.07) is 6.32. The Morgan fingerprint density at radius 1 is 1.11 bits per heavy atom. The molecule has 0 spiro atoms. The second-order valence-corrected chi connectivity index (χ2v) is 9.27. The van der Waals surface area contributed by atoms with Crippen LogP contribution in [0.25, 0.3) is 11.5 Å². The number of nitrogens with zero attached hydrogens (tertiary/aromatic N) is 3. The van der Waals surface area contributed by atoms with Gasteiger partial charge < -0.3 is 24.5 Å². The second kappa shape index (κ2) is 10.9. The highest BCUT2D eigenvalue weighted by Crippen LogP contribution is 2.32. The summed E-state index contributed by atoms with van der Waals surface area (Å²) in [6.07, 6.45) is 0.798. The van der Waals surface area contributed by atoms with Crippen LogP contribution in [-0.2, 0) is 4.79 Å². The number of aryl methyl sites for hydroxylation is 1. The normalized spacial score (nSPS) is 15.0. The van der Waals surface area contributed by atoms with E-state index in [4.69, 9.17) is 9.15 Å². The number of ether oxygens (including phenoxy) is 1. The van der Waals surface area contributed by atoms with Crippen LogP contribution < -0.4 is 10.1 Å². The highest BCUT2D eigenvalue weighted by Gasteiger charge is 2.32. The van der Waals surface area contributed by atoms with Crippen molar-refractivity contribution in [2.75, 3.05) is 13.1 Å². The van der Waals surface area contributed by atoms with Crippen molar-refractivity contribution in [2.45, 2.75) is 45.8 Å². The predicted molar refractivity (Wildman–Crippen MR) is 129 cm³/mol. The molecule has 196 valence electrons. The molecule has 2 amide bonds. The summed E-state index contributed by atoms with van der Waals surface area (Å²) in [4.78, 5) is 27.6. The summed E-state index contributed by atoms with van der Waals surface area (Å²) in [5.41, 5.74) is 0.240. The van der Waals surface area contributed by atoms with Crippen molar-refractivity contribution >= 4 is 11.8 Å². The number of rotatable bonds is 7. The smallest absolute Gasteiger partial charge is 0.255 e. The number of phenolic OH excluding ortho intramolecular Hbond substituents is 1. The van der Waals surface area contributed by atoms with E-state index in [2.05, 4.69) is 15.5 Å². The molecule has 11 heteroatoms. The van der Waals surface area contributed by atoms with Gasteiger partial charge in [-0.25, -0.2) is 8.78 Å². The van der Waals surface area contributed by atoms with Crippen molar-refractivity contribution in [1.82, 2.24) is 20.4 Å². The van der Waals surface area contributed by atoms with Gasteiger partial charge in [-0.2, -0.15) is 0 Å². The molecule has 1 atom stereocenters. The number of nitrogens with one attached hydrogen (secondary N) is 1. The van der Waals surface area contributed by atoms with Crippen molar-refractivity contribution in [3.05, 3.63) is 59.5 Å². The number of aromatic nitrogens is 2. The van der Waals surface area contributed by atoms with Gasteiger partial charge in [0.1, 0.15) is 35.3 Å². The van der Waals surface area contributed by atoms with Gasteiger partial charge in [-0.3, -0.25) is 9.59 Å². The fraction of sp³-hybridized carbons (Fsp3) is 0.385. The molecular formula is C26H28F2N4O5. The standard InChI is InChI=1S/C26H28F2N4O5/c1-14(2)23(29-24(34)19-6-4-17(28)13-21(19)33)26(35)32-10-8-18(9-11-32)37-22-7-5-16(27)12-20(22)25-31-30-15(3)36-25/h4-7,12-14,18,23,33H,8-11H2,1-3H3,(H,29,34)/t23-/m0/s1. The lowest BCUT2D eigenvalue weighted by molar-refractivity contribution is -0.136. The molecular weight excluding hydrogens is 486 g/mol. The molecule has 1 aromatic heterocycles. The van der Waals surface area contributed by atoms with E-state index in [9.17, 15) is 23.5 Å². The number of carbonyl (C=O) groups is 2. The number of carbonyl (C=O) groups excluding carboxylic acids is 2. The van der Waals surface area contributed by atoms with Crippen LogP contribution >= 0.6 is 0 Å². The Kier molecular flexibility index (Phi) is 7.70. The molecule has 1 aliphatic heterocycles. The lowest BCUT2D eigenvalue weighted by Gasteiger charge is -2.35. The number of hydrogen-bond donors (Lipinski definition) is 2. The van der Waals surface area contributed by atoms with Crippen LogP contribution in [-0.4, -0.2) is 57.3 Å². The summed E-state index contributed by atoms with van der Waals surface area (Å²) in [7, 11) is 0. The molecule has 3 aromatic rings. The molecule has 2 N–H and O–H groups in total. The number of aromatic hydroxyl groups is 1. The van der Waals surface area contributed by atoms with Crippen molar-refractivity contribution in [1.29, 1.82) is 0 Å². The Morgan fingerprint density at radius 3 is 2.41 bits per heavy atom. The fourth-order valence-electron chi connectivity index (χ4n) is 4.18. The summed E-state index contributed by atoms with van der Waals surface area (Å²) < 4.78 is 38.7. The molecule has 37 heavy (non-hydrogen) atoms. The zero-order chi connectivity index (χ0) is 26.7. The van der Waals surface area contributed by atoms with E-state index in [0.717, 1.165) is 12.1 Å². The third-order valence-corrected chi connectivity index (χ3v) is 6.17. The Morgan fingerprint density at radius 2 is 1.78 bits per heavy atom. The maximum Gasteiger partial charge on any atom is 0.255 e. The predicted octanol–water partition coefficient (Wildman–Crippen LogP) is 3.85. The first-order valence-corrected chi connectivity index (χ1v) is 12.0. The van der Waals surface area contributed by atoms with E-state index in [1.165, 1.54) is 24.3 Å². The van der Waals surface area contributed by atoms with Gasteiger partial charge in [-0.15, -0.1) is 10.2 Å². The minimum Gasteiger partial charge on any atom is -0.507 e. The van der Waals surface area contributed by atoms with Gasteiger partial charge in [0, 0.05) is 38.9 Å². The topological polar surface area (TPSA) is 118 Å². The zero-order valence-electron chi connectivity index (χ0n) is 20.7. The first kappa shape index (κ1) is 26.1. The van der Waals surface area contributed by atoms with Crippen LogP contribution in [0.4, 0.5) is 8.78 Å². The number of halogens is 2. The third kappa shape index (κ3) is 6.04. The molecule has 0 aliphatic carbocycles. The highest BCUT2D eigenvalue weighted by molar-refractivity contribution is 5.99. The number of amides is 2. The van der Waals surface area contributed by atoms with E-state index in [1.54, 1.807) is 25.7 Å². The quantitative estimate of drug-likeness (QED) is 0.492. The van der Waals surface area contributed by atoms with Gasteiger partial charge in [0.15, 0.2) is 0 Å². The molecule has 0 bridgehead atoms. The number of piperidine rings is 1. The van der Waals surface area contributed by atoms with Crippen LogP contribution in [0, 0.1) is 24.5 Å². The summed E-state index contributed by atoms with van der Waals surface area (Å²) in [5.74, 6) is -1.88. The molecule has 2 heterocycles. The fourth-order valence-corrected chi connectivity index (χ4v) is 4.18. The van der Waals surface area contributed by atoms with Gasteiger partial charge in [0.25, 0.3) is 11.8 Å². The van der Waals surface area contributed by atoms with E-state index < -0.39 is 29.3 Å². The Labute approximate surface area is 212 Å². The van der Waals surface area contributed by atoms with Crippen LogP contribution in [0.1, 0.15) is 42.9 Å². The minimum absolute atomic E-state index is 0.112. The van der Waals surface area contributed by atoms with Crippen LogP contribution in [0.5, 0.6) is 11.5 Å². The molecule has 0 radical (unpaired) electrons. The number of phenols is 1. The van der Waals surface area contributed by atoms with Crippen molar-refractivity contribution < 1.29 is 32.6 Å². The zero-order valence-corrected chi connectivity index (χ0v) is 20.7. The molecule has 1 aliphatic rings. The molecule has 1 saturated heterocycles. The SMILES string of the molecule is Cc1nnc(-c2cc(F)ccc2OC2CCN(C(=O)[C@@H](NC(=O)c3ccc(F)cc3O)C(C)C)CC2)o1. The van der Waals surface area contributed by atoms with E-state index in [-0.39, 0.29) is 29.4 Å². The van der Waals surface area contributed by atoms with Crippen LogP contribution in [0.15, 0.2) is 40.8 Å². The van der Waals surface area contributed by atoms with Crippen molar-refractivity contribution in [2.24, 2.45) is 5.92 Å². The first-order chi connectivity index (χ1) is 17.6. The largest absolute Gasteiger partial charge is 0.507 e. The van der Waals surface area contributed by atoms with Crippen LogP contribution in [0.3, 0.4) is 0 Å². The van der Waals surface area contributed by atoms with Gasteiger partial charge in [-0.1, -0.05) is 13.8 Å². The van der Waals surface area contributed by atoms with Gasteiger partial charge >= 0.3 is 0 Å². The van der Waals surface area contributed by atoms with E-state index >= 15 is 0 Å². The average Bonchev–Trinajstić information content (AvgIpc) is 3.29. The van der Waals surface area contributed by atoms with E-state index in [1.807, 2.05) is 0 Å². The summed E-state index contributed by atoms with van der Waals surface area (Å²) >= 11 is 0. The summed E-state index contributed by atoms with van der Waals surface area (Å²) in [6.45, 7) is 6.02. The Balaban J connectivity index is 1.39. The first-order valence-electron chi connectivity index (χ1n) is 12.0. The van der Waals surface area contributed by atoms with Gasteiger partial charge in [0.05, 0.1) is 11.1 Å². The lowest BCUT2D eigenvalue weighted by Crippen LogP contribution is -2.53. The number of hydrogen-bond acceptors (Lipinski definition) is 7. The number of benzene rings is 2. The molecule has 0 unspecified atom stereocenters. The lowest BCUT2D eigenvalue weighted by atomic mass is 9.99. The van der Waals surface area contributed by atoms with Crippen molar-refractivity contribution in [3.63, 3.8) is 0 Å². The third-order valence-electron chi connectivity index (χ3n) is 6.17.